The molecule has 1 saturated heterocycles. The maximum Gasteiger partial charge on any atom is 0.250 e. The molecule has 1 aromatic carbocycles. The van der Waals surface area contributed by atoms with E-state index in [1.807, 2.05) is 24.3 Å². The maximum absolute atomic E-state index is 14.4. The normalized spacial score (nSPS) is 20.6. The van der Waals surface area contributed by atoms with Gasteiger partial charge < -0.3 is 10.6 Å². The second-order valence-corrected chi connectivity index (χ2v) is 10.9. The molecule has 2 saturated carbocycles. The van der Waals surface area contributed by atoms with Crippen LogP contribution in [0, 0.1) is 8.99 Å². The number of fused-ring (bicyclic) bond motifs is 1. The summed E-state index contributed by atoms with van der Waals surface area (Å²) >= 11 is 2.31. The first-order chi connectivity index (χ1) is 15.4. The van der Waals surface area contributed by atoms with Gasteiger partial charge in [0.25, 0.3) is 5.91 Å². The molecule has 3 aliphatic rings. The van der Waals surface area contributed by atoms with E-state index in [0.29, 0.717) is 29.5 Å². The molecule has 1 spiro atoms. The zero-order chi connectivity index (χ0) is 22.1. The highest BCUT2D eigenvalue weighted by molar-refractivity contribution is 14.1. The number of primary amides is 1. The van der Waals surface area contributed by atoms with Crippen LogP contribution in [0.4, 0.5) is 10.1 Å². The predicted molar refractivity (Wildman–Crippen MR) is 130 cm³/mol. The fourth-order valence-corrected chi connectivity index (χ4v) is 5.70. The van der Waals surface area contributed by atoms with Crippen LogP contribution in [0.1, 0.15) is 48.9 Å². The second-order valence-electron chi connectivity index (χ2n) is 9.73. The van der Waals surface area contributed by atoms with E-state index in [0.717, 1.165) is 51.8 Å². The molecule has 2 aromatic heterocycles. The first kappa shape index (κ1) is 20.4. The molecule has 0 atom stereocenters. The average Bonchev–Trinajstić information content (AvgIpc) is 3.67. The van der Waals surface area contributed by atoms with Crippen LogP contribution < -0.4 is 10.6 Å². The number of hydrogen-bond donors (Lipinski definition) is 1. The maximum atomic E-state index is 14.4. The van der Waals surface area contributed by atoms with E-state index in [2.05, 4.69) is 32.6 Å². The van der Waals surface area contributed by atoms with Crippen LogP contribution in [0.2, 0.25) is 0 Å². The number of pyridine rings is 1. The predicted octanol–water partition coefficient (Wildman–Crippen LogP) is 4.68. The summed E-state index contributed by atoms with van der Waals surface area (Å²) in [6, 6.07) is 7.70. The molecule has 6 rings (SSSR count). The monoisotopic (exact) mass is 545 g/mol. The Morgan fingerprint density at radius 2 is 1.84 bits per heavy atom. The summed E-state index contributed by atoms with van der Waals surface area (Å²) in [5.41, 5.74) is 8.95. The lowest BCUT2D eigenvalue weighted by molar-refractivity contribution is 0.100. The van der Waals surface area contributed by atoms with Gasteiger partial charge in [0.2, 0.25) is 0 Å². The number of halogens is 2. The number of piperidine rings is 1. The molecule has 0 bridgehead atoms. The van der Waals surface area contributed by atoms with E-state index >= 15 is 0 Å². The van der Waals surface area contributed by atoms with Crippen LogP contribution >= 0.6 is 22.6 Å². The third kappa shape index (κ3) is 3.47. The van der Waals surface area contributed by atoms with Gasteiger partial charge in [-0.2, -0.15) is 5.10 Å². The highest BCUT2D eigenvalue weighted by Gasteiger charge is 2.45. The van der Waals surface area contributed by atoms with Crippen molar-refractivity contribution in [3.05, 3.63) is 39.6 Å². The number of anilines is 1. The lowest BCUT2D eigenvalue weighted by Gasteiger charge is -2.36. The molecule has 8 heteroatoms. The fourth-order valence-electron chi connectivity index (χ4n) is 4.99. The Morgan fingerprint density at radius 1 is 1.09 bits per heavy atom. The van der Waals surface area contributed by atoms with E-state index in [9.17, 15) is 9.18 Å². The summed E-state index contributed by atoms with van der Waals surface area (Å²) in [4.78, 5) is 19.6. The van der Waals surface area contributed by atoms with E-state index in [4.69, 9.17) is 10.7 Å². The Kier molecular flexibility index (Phi) is 4.54. The molecule has 3 aromatic rings. The Balaban J connectivity index is 1.47. The Hall–Kier alpha value is -2.23. The number of carbonyl (C=O) groups excluding carboxylic acids is 1. The summed E-state index contributed by atoms with van der Waals surface area (Å²) in [6.45, 7) is 2.06. The standard InChI is InChI=1S/C24H25FIN5O/c25-24(7-8-24)14-31-22-15(13-28-31)1-4-18(29-22)19-17(26)3-2-16(21(27)32)20(19)30-11-9-23(5-6-23)10-12-30/h1-4,13H,5-12,14H2,(H2,27,32). The second kappa shape index (κ2) is 7.13. The van der Waals surface area contributed by atoms with E-state index in [-0.39, 0.29) is 6.54 Å². The number of alkyl halides is 1. The van der Waals surface area contributed by atoms with Gasteiger partial charge in [0.05, 0.1) is 29.7 Å². The van der Waals surface area contributed by atoms with E-state index in [1.54, 1.807) is 10.9 Å². The lowest BCUT2D eigenvalue weighted by Crippen LogP contribution is -2.36. The van der Waals surface area contributed by atoms with Crippen LogP contribution in [0.25, 0.3) is 22.3 Å². The number of benzene rings is 1. The van der Waals surface area contributed by atoms with Gasteiger partial charge in [0.15, 0.2) is 5.65 Å². The minimum Gasteiger partial charge on any atom is -0.370 e. The van der Waals surface area contributed by atoms with Crippen molar-refractivity contribution >= 4 is 45.2 Å². The minimum absolute atomic E-state index is 0.229. The number of nitrogens with zero attached hydrogens (tertiary/aromatic N) is 4. The van der Waals surface area contributed by atoms with Gasteiger partial charge in [-0.1, -0.05) is 0 Å². The third-order valence-electron chi connectivity index (χ3n) is 7.46. The van der Waals surface area contributed by atoms with Crippen molar-refractivity contribution in [2.75, 3.05) is 18.0 Å². The van der Waals surface area contributed by atoms with Gasteiger partial charge in [-0.3, -0.25) is 4.79 Å². The molecule has 6 nitrogen and oxygen atoms in total. The number of amides is 1. The third-order valence-corrected chi connectivity index (χ3v) is 8.36. The highest BCUT2D eigenvalue weighted by atomic mass is 127. The Morgan fingerprint density at radius 3 is 2.50 bits per heavy atom. The smallest absolute Gasteiger partial charge is 0.250 e. The molecule has 2 aliphatic carbocycles. The van der Waals surface area contributed by atoms with Gasteiger partial charge in [-0.25, -0.2) is 14.1 Å². The van der Waals surface area contributed by atoms with Crippen molar-refractivity contribution in [1.82, 2.24) is 14.8 Å². The largest absolute Gasteiger partial charge is 0.370 e. The molecule has 1 amide bonds. The summed E-state index contributed by atoms with van der Waals surface area (Å²) < 4.78 is 17.1. The summed E-state index contributed by atoms with van der Waals surface area (Å²) in [6.07, 6.45) is 7.83. The molecule has 32 heavy (non-hydrogen) atoms. The molecule has 166 valence electrons. The molecule has 1 aliphatic heterocycles. The number of rotatable bonds is 5. The zero-order valence-corrected chi connectivity index (χ0v) is 19.9. The summed E-state index contributed by atoms with van der Waals surface area (Å²) in [5, 5.41) is 5.27. The first-order valence-electron chi connectivity index (χ1n) is 11.3. The number of hydrogen-bond acceptors (Lipinski definition) is 4. The Bertz CT molecular complexity index is 1240. The molecule has 2 N–H and O–H groups in total. The molecular weight excluding hydrogens is 520 g/mol. The van der Waals surface area contributed by atoms with Crippen LogP contribution in [-0.4, -0.2) is 39.4 Å². The molecule has 0 radical (unpaired) electrons. The topological polar surface area (TPSA) is 77.0 Å². The van der Waals surface area contributed by atoms with Gasteiger partial charge in [0, 0.05) is 27.6 Å². The molecular formula is C24H25FIN5O. The number of aromatic nitrogens is 3. The van der Waals surface area contributed by atoms with Crippen molar-refractivity contribution in [1.29, 1.82) is 0 Å². The average molecular weight is 545 g/mol. The van der Waals surface area contributed by atoms with Gasteiger partial charge in [0.1, 0.15) is 5.67 Å². The summed E-state index contributed by atoms with van der Waals surface area (Å²) in [7, 11) is 0. The van der Waals surface area contributed by atoms with Crippen LogP contribution in [0.5, 0.6) is 0 Å². The van der Waals surface area contributed by atoms with Crippen LogP contribution in [0.3, 0.4) is 0 Å². The lowest BCUT2D eigenvalue weighted by atomic mass is 9.92. The van der Waals surface area contributed by atoms with Crippen molar-refractivity contribution < 1.29 is 9.18 Å². The van der Waals surface area contributed by atoms with Gasteiger partial charge in [-0.05, 0) is 90.8 Å². The number of carbonyl (C=O) groups is 1. The molecule has 0 unspecified atom stereocenters. The zero-order valence-electron chi connectivity index (χ0n) is 17.8. The summed E-state index contributed by atoms with van der Waals surface area (Å²) in [5.74, 6) is -0.427. The quantitative estimate of drug-likeness (QED) is 0.473. The van der Waals surface area contributed by atoms with Crippen LogP contribution in [-0.2, 0) is 6.54 Å². The van der Waals surface area contributed by atoms with E-state index in [1.165, 1.54) is 12.8 Å². The molecule has 3 heterocycles. The van der Waals surface area contributed by atoms with Crippen molar-refractivity contribution in [3.63, 3.8) is 0 Å². The van der Waals surface area contributed by atoms with Crippen molar-refractivity contribution in [2.45, 2.75) is 50.7 Å². The first-order valence-corrected chi connectivity index (χ1v) is 12.3. The van der Waals surface area contributed by atoms with Crippen molar-refractivity contribution in [2.24, 2.45) is 11.1 Å². The molecule has 3 fully saturated rings. The van der Waals surface area contributed by atoms with Gasteiger partial charge in [-0.15, -0.1) is 0 Å². The number of nitrogens with two attached hydrogens (primary N) is 1. The van der Waals surface area contributed by atoms with Gasteiger partial charge >= 0.3 is 0 Å². The minimum atomic E-state index is -1.16. The van der Waals surface area contributed by atoms with Crippen LogP contribution in [0.15, 0.2) is 30.5 Å². The highest BCUT2D eigenvalue weighted by Crippen LogP contribution is 2.54. The Labute approximate surface area is 199 Å². The van der Waals surface area contributed by atoms with E-state index < -0.39 is 11.6 Å². The van der Waals surface area contributed by atoms with Crippen molar-refractivity contribution in [3.8, 4) is 11.3 Å². The fraction of sp³-hybridized carbons (Fsp3) is 0.458. The SMILES string of the molecule is NC(=O)c1ccc(I)c(-c2ccc3cnn(CC4(F)CC4)c3n2)c1N1CCC2(CC1)CC2.